The third kappa shape index (κ3) is 3.18. The quantitative estimate of drug-likeness (QED) is 0.508. The first kappa shape index (κ1) is 18.0. The summed E-state index contributed by atoms with van der Waals surface area (Å²) in [6.45, 7) is 3.78. The molecule has 1 amide bonds. The number of nitrogens with one attached hydrogen (secondary N) is 1. The molecule has 0 unspecified atom stereocenters. The molecule has 0 spiro atoms. The van der Waals surface area contributed by atoms with Crippen molar-refractivity contribution in [2.45, 2.75) is 19.3 Å². The van der Waals surface area contributed by atoms with Crippen molar-refractivity contribution in [2.75, 3.05) is 13.3 Å². The zero-order chi connectivity index (χ0) is 19.1. The third-order valence-electron chi connectivity index (χ3n) is 4.19. The summed E-state index contributed by atoms with van der Waals surface area (Å²) in [4.78, 5) is 12.1. The van der Waals surface area contributed by atoms with Crippen LogP contribution in [-0.4, -0.2) is 19.2 Å². The van der Waals surface area contributed by atoms with E-state index < -0.39 is 40.2 Å². The maximum absolute atomic E-state index is 13.7. The van der Waals surface area contributed by atoms with E-state index in [1.54, 1.807) is 18.2 Å². The van der Waals surface area contributed by atoms with Gasteiger partial charge in [-0.05, 0) is 23.8 Å². The molecule has 3 rings (SSSR count). The molecule has 0 atom stereocenters. The van der Waals surface area contributed by atoms with Gasteiger partial charge in [0.25, 0.3) is 5.91 Å². The van der Waals surface area contributed by atoms with Crippen LogP contribution in [0.3, 0.4) is 0 Å². The van der Waals surface area contributed by atoms with E-state index in [0.29, 0.717) is 17.6 Å². The fourth-order valence-corrected chi connectivity index (χ4v) is 2.55. The van der Waals surface area contributed by atoms with E-state index in [-0.39, 0.29) is 13.3 Å². The summed E-state index contributed by atoms with van der Waals surface area (Å²) in [6.07, 6.45) is 0. The monoisotopic (exact) mass is 369 g/mol. The molecule has 8 heteroatoms. The Bertz CT molecular complexity index is 883. The molecule has 0 aromatic heterocycles. The van der Waals surface area contributed by atoms with Gasteiger partial charge in [0, 0.05) is 12.0 Å². The van der Waals surface area contributed by atoms with Crippen molar-refractivity contribution in [3.05, 3.63) is 58.7 Å². The zero-order valence-electron chi connectivity index (χ0n) is 14.0. The Morgan fingerprint density at radius 1 is 1.04 bits per heavy atom. The highest BCUT2D eigenvalue weighted by Gasteiger charge is 2.27. The summed E-state index contributed by atoms with van der Waals surface area (Å²) < 4.78 is 63.8. The Morgan fingerprint density at radius 2 is 1.73 bits per heavy atom. The summed E-state index contributed by atoms with van der Waals surface area (Å²) >= 11 is 0. The molecule has 1 N–H and O–H groups in total. The topological polar surface area (TPSA) is 47.6 Å². The lowest BCUT2D eigenvalue weighted by Crippen LogP contribution is -2.37. The Balaban J connectivity index is 1.77. The van der Waals surface area contributed by atoms with E-state index in [0.717, 1.165) is 5.56 Å². The average Bonchev–Trinajstić information content (AvgIpc) is 3.08. The summed E-state index contributed by atoms with van der Waals surface area (Å²) in [6, 6.07) is 5.60. The van der Waals surface area contributed by atoms with Crippen LogP contribution in [0.15, 0.2) is 24.3 Å². The van der Waals surface area contributed by atoms with Gasteiger partial charge in [0.05, 0.1) is 5.56 Å². The molecule has 0 aliphatic carbocycles. The van der Waals surface area contributed by atoms with Crippen LogP contribution in [0, 0.1) is 23.3 Å². The molecule has 0 bridgehead atoms. The standard InChI is InChI=1S/C18H15F4NO3/c1-18(2,9-3-4-12-13(5-9)26-8-25-12)7-23-17(24)10-6-11(19)15(21)16(22)14(10)20/h3-6H,7-8H2,1-2H3,(H,23,24). The lowest BCUT2D eigenvalue weighted by Gasteiger charge is -2.26. The third-order valence-corrected chi connectivity index (χ3v) is 4.19. The summed E-state index contributed by atoms with van der Waals surface area (Å²) in [5.74, 6) is -7.23. The smallest absolute Gasteiger partial charge is 0.254 e. The molecule has 138 valence electrons. The molecule has 4 nitrogen and oxygen atoms in total. The SMILES string of the molecule is CC(C)(CNC(=O)c1cc(F)c(F)c(F)c1F)c1ccc2c(c1)OCO2. The van der Waals surface area contributed by atoms with E-state index in [1.807, 2.05) is 13.8 Å². The second-order valence-corrected chi connectivity index (χ2v) is 6.48. The van der Waals surface area contributed by atoms with Gasteiger partial charge in [0.15, 0.2) is 34.8 Å². The summed E-state index contributed by atoms with van der Waals surface area (Å²) in [7, 11) is 0. The van der Waals surface area contributed by atoms with Gasteiger partial charge in [-0.15, -0.1) is 0 Å². The largest absolute Gasteiger partial charge is 0.454 e. The molecule has 2 aromatic rings. The second kappa shape index (κ2) is 6.51. The fraction of sp³-hybridized carbons (Fsp3) is 0.278. The Kier molecular flexibility index (Phi) is 4.52. The van der Waals surface area contributed by atoms with E-state index in [4.69, 9.17) is 9.47 Å². The lowest BCUT2D eigenvalue weighted by atomic mass is 9.84. The normalized spacial score (nSPS) is 13.0. The highest BCUT2D eigenvalue weighted by atomic mass is 19.2. The Morgan fingerprint density at radius 3 is 2.46 bits per heavy atom. The van der Waals surface area contributed by atoms with Crippen LogP contribution >= 0.6 is 0 Å². The molecule has 0 radical (unpaired) electrons. The molecule has 0 saturated carbocycles. The van der Waals surface area contributed by atoms with Gasteiger partial charge in [-0.3, -0.25) is 4.79 Å². The molecule has 1 aliphatic heterocycles. The van der Waals surface area contributed by atoms with Crippen molar-refractivity contribution in [1.29, 1.82) is 0 Å². The van der Waals surface area contributed by atoms with Gasteiger partial charge in [0.2, 0.25) is 6.79 Å². The van der Waals surface area contributed by atoms with Crippen LogP contribution in [0.5, 0.6) is 11.5 Å². The number of fused-ring (bicyclic) bond motifs is 1. The predicted molar refractivity (Wildman–Crippen MR) is 84.2 cm³/mol. The maximum atomic E-state index is 13.7. The van der Waals surface area contributed by atoms with Gasteiger partial charge < -0.3 is 14.8 Å². The number of ether oxygens (including phenoxy) is 2. The van der Waals surface area contributed by atoms with Gasteiger partial charge in [-0.2, -0.15) is 0 Å². The first-order chi connectivity index (χ1) is 12.2. The van der Waals surface area contributed by atoms with Crippen LogP contribution in [0.1, 0.15) is 29.8 Å². The number of halogens is 4. The van der Waals surface area contributed by atoms with E-state index in [1.165, 1.54) is 0 Å². The maximum Gasteiger partial charge on any atom is 0.254 e. The van der Waals surface area contributed by atoms with Crippen molar-refractivity contribution >= 4 is 5.91 Å². The van der Waals surface area contributed by atoms with Gasteiger partial charge >= 0.3 is 0 Å². The number of carbonyl (C=O) groups excluding carboxylic acids is 1. The molecule has 1 aliphatic rings. The Labute approximate surface area is 146 Å². The molecule has 1 heterocycles. The number of hydrogen-bond acceptors (Lipinski definition) is 3. The first-order valence-electron chi connectivity index (χ1n) is 7.72. The van der Waals surface area contributed by atoms with Crippen molar-refractivity contribution in [3.63, 3.8) is 0 Å². The first-order valence-corrected chi connectivity index (χ1v) is 7.72. The van der Waals surface area contributed by atoms with Crippen molar-refractivity contribution < 1.29 is 31.8 Å². The van der Waals surface area contributed by atoms with Crippen molar-refractivity contribution in [1.82, 2.24) is 5.32 Å². The molecule has 2 aromatic carbocycles. The number of benzene rings is 2. The van der Waals surface area contributed by atoms with Gasteiger partial charge in [0.1, 0.15) is 0 Å². The summed E-state index contributed by atoms with van der Waals surface area (Å²) in [5.41, 5.74) is -0.702. The van der Waals surface area contributed by atoms with Crippen LogP contribution in [0.4, 0.5) is 17.6 Å². The Hall–Kier alpha value is -2.77. The number of carbonyl (C=O) groups is 1. The van der Waals surface area contributed by atoms with Gasteiger partial charge in [-0.25, -0.2) is 17.6 Å². The predicted octanol–water partition coefficient (Wildman–Crippen LogP) is 3.68. The van der Waals surface area contributed by atoms with E-state index in [2.05, 4.69) is 5.32 Å². The fourth-order valence-electron chi connectivity index (χ4n) is 2.55. The van der Waals surface area contributed by atoms with Crippen molar-refractivity contribution in [3.8, 4) is 11.5 Å². The molecule has 0 saturated heterocycles. The minimum absolute atomic E-state index is 0.0333. The highest BCUT2D eigenvalue weighted by Crippen LogP contribution is 2.36. The molecule has 0 fully saturated rings. The number of rotatable bonds is 4. The van der Waals surface area contributed by atoms with Crippen LogP contribution in [-0.2, 0) is 5.41 Å². The lowest BCUT2D eigenvalue weighted by molar-refractivity contribution is 0.0939. The number of amides is 1. The molecular formula is C18H15F4NO3. The number of hydrogen-bond donors (Lipinski definition) is 1. The molecule has 26 heavy (non-hydrogen) atoms. The van der Waals surface area contributed by atoms with Crippen LogP contribution < -0.4 is 14.8 Å². The minimum Gasteiger partial charge on any atom is -0.454 e. The second-order valence-electron chi connectivity index (χ2n) is 6.48. The highest BCUT2D eigenvalue weighted by molar-refractivity contribution is 5.94. The van der Waals surface area contributed by atoms with Crippen LogP contribution in [0.2, 0.25) is 0 Å². The van der Waals surface area contributed by atoms with E-state index >= 15 is 0 Å². The summed E-state index contributed by atoms with van der Waals surface area (Å²) in [5, 5.41) is 2.41. The average molecular weight is 369 g/mol. The minimum atomic E-state index is -2.02. The van der Waals surface area contributed by atoms with Crippen molar-refractivity contribution in [2.24, 2.45) is 0 Å². The molecular weight excluding hydrogens is 354 g/mol. The van der Waals surface area contributed by atoms with E-state index in [9.17, 15) is 22.4 Å². The zero-order valence-corrected chi connectivity index (χ0v) is 14.0. The van der Waals surface area contributed by atoms with Gasteiger partial charge in [-0.1, -0.05) is 19.9 Å². The van der Waals surface area contributed by atoms with Crippen LogP contribution in [0.25, 0.3) is 0 Å².